The first kappa shape index (κ1) is 13.4. The predicted molar refractivity (Wildman–Crippen MR) is 65.0 cm³/mol. The minimum absolute atomic E-state index is 0.0260. The van der Waals surface area contributed by atoms with Gasteiger partial charge < -0.3 is 4.90 Å². The summed E-state index contributed by atoms with van der Waals surface area (Å²) in [6.45, 7) is 9.04. The average Bonchev–Trinajstić information content (AvgIpc) is 2.55. The minimum atomic E-state index is 0.0260. The molecule has 1 rings (SSSR count). The summed E-state index contributed by atoms with van der Waals surface area (Å²) in [5, 5.41) is 4.21. The monoisotopic (exact) mass is 237 g/mol. The highest BCUT2D eigenvalue weighted by Crippen LogP contribution is 2.10. The van der Waals surface area contributed by atoms with Crippen LogP contribution in [0.3, 0.4) is 0 Å². The molecule has 0 bridgehead atoms. The lowest BCUT2D eigenvalue weighted by atomic mass is 10.2. The van der Waals surface area contributed by atoms with E-state index >= 15 is 0 Å². The SMILES string of the molecule is CCN(CC)C(=O)Cn1nc(C)c(C=O)c1C. The Hall–Kier alpha value is -1.65. The van der Waals surface area contributed by atoms with Crippen LogP contribution in [0.4, 0.5) is 0 Å². The molecule has 0 unspecified atom stereocenters. The Labute approximate surface area is 101 Å². The van der Waals surface area contributed by atoms with Gasteiger partial charge in [-0.15, -0.1) is 0 Å². The number of carbonyl (C=O) groups excluding carboxylic acids is 2. The van der Waals surface area contributed by atoms with Crippen LogP contribution in [0.15, 0.2) is 0 Å². The van der Waals surface area contributed by atoms with E-state index in [0.29, 0.717) is 24.3 Å². The fourth-order valence-electron chi connectivity index (χ4n) is 1.84. The van der Waals surface area contributed by atoms with Gasteiger partial charge in [0.15, 0.2) is 6.29 Å². The van der Waals surface area contributed by atoms with E-state index in [0.717, 1.165) is 12.0 Å². The molecule has 0 saturated heterocycles. The van der Waals surface area contributed by atoms with E-state index in [4.69, 9.17) is 0 Å². The fourth-order valence-corrected chi connectivity index (χ4v) is 1.84. The molecule has 5 nitrogen and oxygen atoms in total. The summed E-state index contributed by atoms with van der Waals surface area (Å²) in [6, 6.07) is 0. The third-order valence-electron chi connectivity index (χ3n) is 2.96. The molecule has 1 heterocycles. The summed E-state index contributed by atoms with van der Waals surface area (Å²) in [5.41, 5.74) is 2.00. The van der Waals surface area contributed by atoms with Gasteiger partial charge in [-0.3, -0.25) is 14.3 Å². The molecule has 0 saturated carbocycles. The zero-order chi connectivity index (χ0) is 13.0. The largest absolute Gasteiger partial charge is 0.342 e. The van der Waals surface area contributed by atoms with E-state index in [1.807, 2.05) is 13.8 Å². The van der Waals surface area contributed by atoms with Gasteiger partial charge in [-0.05, 0) is 27.7 Å². The smallest absolute Gasteiger partial charge is 0.244 e. The average molecular weight is 237 g/mol. The molecule has 0 radical (unpaired) electrons. The third-order valence-corrected chi connectivity index (χ3v) is 2.96. The van der Waals surface area contributed by atoms with Crippen LogP contribution in [-0.2, 0) is 11.3 Å². The Bertz CT molecular complexity index is 420. The van der Waals surface area contributed by atoms with Crippen molar-refractivity contribution in [1.29, 1.82) is 0 Å². The van der Waals surface area contributed by atoms with E-state index in [-0.39, 0.29) is 12.5 Å². The lowest BCUT2D eigenvalue weighted by Crippen LogP contribution is -2.34. The number of aromatic nitrogens is 2. The molecule has 0 spiro atoms. The van der Waals surface area contributed by atoms with Crippen LogP contribution in [0, 0.1) is 13.8 Å². The number of hydrogen-bond acceptors (Lipinski definition) is 3. The number of carbonyl (C=O) groups is 2. The van der Waals surface area contributed by atoms with Crippen LogP contribution in [-0.4, -0.2) is 40.0 Å². The van der Waals surface area contributed by atoms with E-state index in [1.165, 1.54) is 0 Å². The summed E-state index contributed by atoms with van der Waals surface area (Å²) >= 11 is 0. The Balaban J connectivity index is 2.89. The number of nitrogens with zero attached hydrogens (tertiary/aromatic N) is 3. The quantitative estimate of drug-likeness (QED) is 0.723. The summed E-state index contributed by atoms with van der Waals surface area (Å²) in [4.78, 5) is 24.5. The maximum atomic E-state index is 11.9. The molecule has 0 atom stereocenters. The lowest BCUT2D eigenvalue weighted by Gasteiger charge is -2.18. The van der Waals surface area contributed by atoms with E-state index in [1.54, 1.807) is 23.4 Å². The molecule has 1 amide bonds. The van der Waals surface area contributed by atoms with Gasteiger partial charge in [-0.1, -0.05) is 0 Å². The zero-order valence-corrected chi connectivity index (χ0v) is 10.9. The Morgan fingerprint density at radius 1 is 1.35 bits per heavy atom. The highest BCUT2D eigenvalue weighted by molar-refractivity contribution is 5.79. The number of hydrogen-bond donors (Lipinski definition) is 0. The normalized spacial score (nSPS) is 10.4. The number of likely N-dealkylation sites (N-methyl/N-ethyl adjacent to an activating group) is 1. The van der Waals surface area contributed by atoms with Gasteiger partial charge in [0, 0.05) is 18.8 Å². The first-order chi connectivity index (χ1) is 8.04. The van der Waals surface area contributed by atoms with Crippen LogP contribution < -0.4 is 0 Å². The lowest BCUT2D eigenvalue weighted by molar-refractivity contribution is -0.131. The predicted octanol–water partition coefficient (Wildman–Crippen LogP) is 1.18. The molecule has 17 heavy (non-hydrogen) atoms. The van der Waals surface area contributed by atoms with Crippen molar-refractivity contribution in [2.75, 3.05) is 13.1 Å². The van der Waals surface area contributed by atoms with Crippen molar-refractivity contribution in [2.24, 2.45) is 0 Å². The van der Waals surface area contributed by atoms with Crippen molar-refractivity contribution in [3.8, 4) is 0 Å². The first-order valence-electron chi connectivity index (χ1n) is 5.82. The van der Waals surface area contributed by atoms with Gasteiger partial charge in [0.25, 0.3) is 0 Å². The Kier molecular flexibility index (Phi) is 4.43. The molecule has 0 aliphatic rings. The van der Waals surface area contributed by atoms with Crippen molar-refractivity contribution in [1.82, 2.24) is 14.7 Å². The third kappa shape index (κ3) is 2.72. The maximum Gasteiger partial charge on any atom is 0.244 e. The molecule has 0 aliphatic carbocycles. The molecule has 1 aromatic rings. The molecular weight excluding hydrogens is 218 g/mol. The van der Waals surface area contributed by atoms with Gasteiger partial charge >= 0.3 is 0 Å². The van der Waals surface area contributed by atoms with Gasteiger partial charge in [0.05, 0.1) is 11.3 Å². The van der Waals surface area contributed by atoms with Gasteiger partial charge in [0.2, 0.25) is 5.91 Å². The highest BCUT2D eigenvalue weighted by Gasteiger charge is 2.15. The molecule has 0 aliphatic heterocycles. The van der Waals surface area contributed by atoms with Crippen molar-refractivity contribution in [2.45, 2.75) is 34.2 Å². The Morgan fingerprint density at radius 3 is 2.35 bits per heavy atom. The molecule has 94 valence electrons. The maximum absolute atomic E-state index is 11.9. The Morgan fingerprint density at radius 2 is 1.94 bits per heavy atom. The summed E-state index contributed by atoms with van der Waals surface area (Å²) in [7, 11) is 0. The number of amides is 1. The first-order valence-corrected chi connectivity index (χ1v) is 5.82. The number of rotatable bonds is 5. The molecule has 5 heteroatoms. The highest BCUT2D eigenvalue weighted by atomic mass is 16.2. The van der Waals surface area contributed by atoms with E-state index < -0.39 is 0 Å². The molecule has 0 N–H and O–H groups in total. The fraction of sp³-hybridized carbons (Fsp3) is 0.583. The molecular formula is C12H19N3O2. The minimum Gasteiger partial charge on any atom is -0.342 e. The van der Waals surface area contributed by atoms with Crippen molar-refractivity contribution < 1.29 is 9.59 Å². The van der Waals surface area contributed by atoms with Crippen LogP contribution in [0.5, 0.6) is 0 Å². The van der Waals surface area contributed by atoms with Crippen molar-refractivity contribution >= 4 is 12.2 Å². The van der Waals surface area contributed by atoms with Gasteiger partial charge in [0.1, 0.15) is 6.54 Å². The van der Waals surface area contributed by atoms with E-state index in [2.05, 4.69) is 5.10 Å². The summed E-state index contributed by atoms with van der Waals surface area (Å²) < 4.78 is 1.60. The topological polar surface area (TPSA) is 55.2 Å². The number of aldehydes is 1. The van der Waals surface area contributed by atoms with Crippen LogP contribution in [0.1, 0.15) is 35.6 Å². The van der Waals surface area contributed by atoms with Crippen LogP contribution in [0.2, 0.25) is 0 Å². The van der Waals surface area contributed by atoms with Crippen LogP contribution in [0.25, 0.3) is 0 Å². The van der Waals surface area contributed by atoms with Crippen molar-refractivity contribution in [3.63, 3.8) is 0 Å². The number of aryl methyl sites for hydroxylation is 1. The summed E-state index contributed by atoms with van der Waals surface area (Å²) in [5.74, 6) is 0.0260. The van der Waals surface area contributed by atoms with Gasteiger partial charge in [-0.2, -0.15) is 5.10 Å². The second kappa shape index (κ2) is 5.61. The summed E-state index contributed by atoms with van der Waals surface area (Å²) in [6.07, 6.45) is 0.788. The van der Waals surface area contributed by atoms with E-state index in [9.17, 15) is 9.59 Å². The standard InChI is InChI=1S/C12H19N3O2/c1-5-14(6-2)12(17)7-15-10(4)11(8-16)9(3)13-15/h8H,5-7H2,1-4H3. The molecule has 1 aromatic heterocycles. The zero-order valence-electron chi connectivity index (χ0n) is 10.9. The molecule has 0 aromatic carbocycles. The van der Waals surface area contributed by atoms with Crippen molar-refractivity contribution in [3.05, 3.63) is 17.0 Å². The second-order valence-corrected chi connectivity index (χ2v) is 3.93. The van der Waals surface area contributed by atoms with Crippen LogP contribution >= 0.6 is 0 Å². The van der Waals surface area contributed by atoms with Gasteiger partial charge in [-0.25, -0.2) is 0 Å². The second-order valence-electron chi connectivity index (χ2n) is 3.93. The molecule has 0 fully saturated rings.